The molecule has 1 aliphatic rings. The lowest BCUT2D eigenvalue weighted by atomic mass is 10.1. The molecule has 2 rings (SSSR count). The molecule has 5 nitrogen and oxygen atoms in total. The number of ether oxygens (including phenoxy) is 1. The fourth-order valence-corrected chi connectivity index (χ4v) is 1.86. The maximum atomic E-state index is 12.0. The van der Waals surface area contributed by atoms with Gasteiger partial charge >= 0.3 is 5.97 Å². The van der Waals surface area contributed by atoms with E-state index in [4.69, 9.17) is 0 Å². The minimum absolute atomic E-state index is 0.138. The Morgan fingerprint density at radius 3 is 2.53 bits per heavy atom. The summed E-state index contributed by atoms with van der Waals surface area (Å²) in [6.07, 6.45) is 2.47. The van der Waals surface area contributed by atoms with Gasteiger partial charge in [0, 0.05) is 6.54 Å². The molecular weight excluding hydrogens is 246 g/mol. The Morgan fingerprint density at radius 1 is 1.21 bits per heavy atom. The van der Waals surface area contributed by atoms with E-state index in [1.807, 2.05) is 0 Å². The largest absolute Gasteiger partial charge is 0.432 e. The number of imide groups is 1. The molecule has 1 heterocycles. The smallest absolute Gasteiger partial charge is 0.342 e. The molecule has 1 aliphatic heterocycles. The van der Waals surface area contributed by atoms with E-state index >= 15 is 0 Å². The number of rotatable bonds is 4. The fourth-order valence-electron chi connectivity index (χ4n) is 1.86. The van der Waals surface area contributed by atoms with E-state index in [2.05, 4.69) is 17.9 Å². The number of amides is 2. The van der Waals surface area contributed by atoms with Crippen molar-refractivity contribution in [2.45, 2.75) is 0 Å². The molecule has 0 aliphatic carbocycles. The predicted molar refractivity (Wildman–Crippen MR) is 67.6 cm³/mol. The van der Waals surface area contributed by atoms with E-state index in [1.165, 1.54) is 24.3 Å². The SMILES string of the molecule is C=CCN1C(=O)c2ccc(C(=O)OC=C)cc2C1=O. The average molecular weight is 257 g/mol. The van der Waals surface area contributed by atoms with Crippen LogP contribution in [0.2, 0.25) is 0 Å². The lowest BCUT2D eigenvalue weighted by molar-refractivity contribution is 0.0658. The summed E-state index contributed by atoms with van der Waals surface area (Å²) in [6, 6.07) is 4.23. The van der Waals surface area contributed by atoms with Gasteiger partial charge in [-0.05, 0) is 18.2 Å². The summed E-state index contributed by atoms with van der Waals surface area (Å²) in [5.41, 5.74) is 0.674. The molecule has 0 N–H and O–H groups in total. The molecule has 0 atom stereocenters. The first-order valence-electron chi connectivity index (χ1n) is 5.53. The summed E-state index contributed by atoms with van der Waals surface area (Å²) in [6.45, 7) is 6.91. The Kier molecular flexibility index (Phi) is 3.29. The second-order valence-corrected chi connectivity index (χ2v) is 3.84. The van der Waals surface area contributed by atoms with E-state index in [0.29, 0.717) is 0 Å². The summed E-state index contributed by atoms with van der Waals surface area (Å²) < 4.78 is 4.62. The first-order chi connectivity index (χ1) is 9.10. The molecule has 0 unspecified atom stereocenters. The van der Waals surface area contributed by atoms with Crippen molar-refractivity contribution >= 4 is 17.8 Å². The Labute approximate surface area is 109 Å². The first kappa shape index (κ1) is 12.8. The quantitative estimate of drug-likeness (QED) is 0.357. The number of hydrogen-bond donors (Lipinski definition) is 0. The summed E-state index contributed by atoms with van der Waals surface area (Å²) in [7, 11) is 0. The van der Waals surface area contributed by atoms with Crippen LogP contribution >= 0.6 is 0 Å². The second kappa shape index (κ2) is 4.89. The molecule has 96 valence electrons. The van der Waals surface area contributed by atoms with Crippen molar-refractivity contribution in [1.29, 1.82) is 0 Å². The van der Waals surface area contributed by atoms with Crippen molar-refractivity contribution in [3.63, 3.8) is 0 Å². The van der Waals surface area contributed by atoms with E-state index in [-0.39, 0.29) is 29.1 Å². The van der Waals surface area contributed by atoms with Gasteiger partial charge in [0.15, 0.2) is 0 Å². The minimum Gasteiger partial charge on any atom is -0.432 e. The molecule has 5 heteroatoms. The van der Waals surface area contributed by atoms with Crippen LogP contribution < -0.4 is 0 Å². The number of benzene rings is 1. The van der Waals surface area contributed by atoms with Gasteiger partial charge in [0.25, 0.3) is 11.8 Å². The van der Waals surface area contributed by atoms with Gasteiger partial charge in [0.05, 0.1) is 23.0 Å². The van der Waals surface area contributed by atoms with Crippen molar-refractivity contribution < 1.29 is 19.1 Å². The molecule has 1 aromatic carbocycles. The predicted octanol–water partition coefficient (Wildman–Crippen LogP) is 1.77. The van der Waals surface area contributed by atoms with Crippen LogP contribution in [0.5, 0.6) is 0 Å². The number of fused-ring (bicyclic) bond motifs is 1. The van der Waals surface area contributed by atoms with Crippen LogP contribution in [0.3, 0.4) is 0 Å². The molecule has 0 saturated carbocycles. The Morgan fingerprint density at radius 2 is 1.89 bits per heavy atom. The first-order valence-corrected chi connectivity index (χ1v) is 5.53. The van der Waals surface area contributed by atoms with Gasteiger partial charge < -0.3 is 4.74 Å². The topological polar surface area (TPSA) is 63.7 Å². The van der Waals surface area contributed by atoms with E-state index < -0.39 is 11.9 Å². The maximum Gasteiger partial charge on any atom is 0.342 e. The van der Waals surface area contributed by atoms with Gasteiger partial charge in [0.2, 0.25) is 0 Å². The molecule has 0 aromatic heterocycles. The molecule has 19 heavy (non-hydrogen) atoms. The van der Waals surface area contributed by atoms with Crippen LogP contribution in [0, 0.1) is 0 Å². The number of hydrogen-bond acceptors (Lipinski definition) is 4. The van der Waals surface area contributed by atoms with E-state index in [1.54, 1.807) is 0 Å². The van der Waals surface area contributed by atoms with Gasteiger partial charge in [-0.15, -0.1) is 6.58 Å². The molecule has 2 amide bonds. The number of carbonyl (C=O) groups is 3. The Hall–Kier alpha value is -2.69. The average Bonchev–Trinajstić information content (AvgIpc) is 2.64. The monoisotopic (exact) mass is 257 g/mol. The third-order valence-corrected chi connectivity index (χ3v) is 2.71. The zero-order valence-electron chi connectivity index (χ0n) is 10.1. The van der Waals surface area contributed by atoms with Gasteiger partial charge in [0.1, 0.15) is 0 Å². The summed E-state index contributed by atoms with van der Waals surface area (Å²) in [5, 5.41) is 0. The van der Waals surface area contributed by atoms with Crippen LogP contribution in [0.4, 0.5) is 0 Å². The maximum absolute atomic E-state index is 12.0. The summed E-state index contributed by atoms with van der Waals surface area (Å²) >= 11 is 0. The fraction of sp³-hybridized carbons (Fsp3) is 0.0714. The van der Waals surface area contributed by atoms with Crippen LogP contribution in [0.25, 0.3) is 0 Å². The zero-order chi connectivity index (χ0) is 14.0. The van der Waals surface area contributed by atoms with Crippen LogP contribution in [-0.4, -0.2) is 29.2 Å². The highest BCUT2D eigenvalue weighted by Crippen LogP contribution is 2.24. The molecule has 0 fully saturated rings. The van der Waals surface area contributed by atoms with Crippen molar-refractivity contribution in [3.05, 3.63) is 60.4 Å². The van der Waals surface area contributed by atoms with E-state index in [0.717, 1.165) is 11.2 Å². The highest BCUT2D eigenvalue weighted by molar-refractivity contribution is 6.22. The van der Waals surface area contributed by atoms with Gasteiger partial charge in [-0.2, -0.15) is 0 Å². The Balaban J connectivity index is 2.41. The minimum atomic E-state index is -0.625. The van der Waals surface area contributed by atoms with Crippen molar-refractivity contribution in [1.82, 2.24) is 4.90 Å². The number of nitrogens with zero attached hydrogens (tertiary/aromatic N) is 1. The van der Waals surface area contributed by atoms with Crippen molar-refractivity contribution in [3.8, 4) is 0 Å². The van der Waals surface area contributed by atoms with E-state index in [9.17, 15) is 14.4 Å². The normalized spacial score (nSPS) is 13.2. The molecule has 0 radical (unpaired) electrons. The van der Waals surface area contributed by atoms with Crippen molar-refractivity contribution in [2.24, 2.45) is 0 Å². The zero-order valence-corrected chi connectivity index (χ0v) is 10.1. The molecular formula is C14H11NO4. The summed E-state index contributed by atoms with van der Waals surface area (Å²) in [4.78, 5) is 36.5. The second-order valence-electron chi connectivity index (χ2n) is 3.84. The molecule has 0 bridgehead atoms. The molecule has 0 spiro atoms. The third-order valence-electron chi connectivity index (χ3n) is 2.71. The lowest BCUT2D eigenvalue weighted by Gasteiger charge is -2.09. The Bertz CT molecular complexity index is 603. The third kappa shape index (κ3) is 2.06. The highest BCUT2D eigenvalue weighted by atomic mass is 16.5. The van der Waals surface area contributed by atoms with Gasteiger partial charge in [-0.25, -0.2) is 4.79 Å². The van der Waals surface area contributed by atoms with Gasteiger partial charge in [-0.3, -0.25) is 14.5 Å². The molecule has 0 saturated heterocycles. The van der Waals surface area contributed by atoms with Crippen molar-refractivity contribution in [2.75, 3.05) is 6.54 Å². The number of esters is 1. The highest BCUT2D eigenvalue weighted by Gasteiger charge is 2.35. The standard InChI is InChI=1S/C14H11NO4/c1-3-7-15-12(16)10-6-5-9(14(18)19-4-2)8-11(10)13(15)17/h3-6,8H,1-2,7H2. The van der Waals surface area contributed by atoms with Crippen LogP contribution in [-0.2, 0) is 4.74 Å². The van der Waals surface area contributed by atoms with Crippen LogP contribution in [0.15, 0.2) is 43.7 Å². The lowest BCUT2D eigenvalue weighted by Crippen LogP contribution is -2.29. The van der Waals surface area contributed by atoms with Crippen LogP contribution in [0.1, 0.15) is 31.1 Å². The van der Waals surface area contributed by atoms with Gasteiger partial charge in [-0.1, -0.05) is 12.7 Å². The molecule has 1 aromatic rings. The summed E-state index contributed by atoms with van der Waals surface area (Å²) in [5.74, 6) is -1.45. The number of carbonyl (C=O) groups excluding carboxylic acids is 3.